The second-order valence-corrected chi connectivity index (χ2v) is 11.3. The van der Waals surface area contributed by atoms with Crippen LogP contribution in [-0.4, -0.2) is 18.6 Å². The van der Waals surface area contributed by atoms with Gasteiger partial charge in [0.2, 0.25) is 5.91 Å². The van der Waals surface area contributed by atoms with E-state index in [4.69, 9.17) is 4.74 Å². The maximum atomic E-state index is 12.5. The van der Waals surface area contributed by atoms with E-state index >= 15 is 0 Å². The number of ether oxygens (including phenoxy) is 1. The van der Waals surface area contributed by atoms with Gasteiger partial charge in [-0.25, -0.2) is 0 Å². The maximum absolute atomic E-state index is 12.5. The Morgan fingerprint density at radius 1 is 1.07 bits per heavy atom. The molecule has 4 aliphatic carbocycles. The molecule has 1 aromatic carbocycles. The van der Waals surface area contributed by atoms with Crippen molar-refractivity contribution < 1.29 is 9.53 Å². The summed E-state index contributed by atoms with van der Waals surface area (Å²) in [6.45, 7) is 9.50. The van der Waals surface area contributed by atoms with Crippen LogP contribution in [0.1, 0.15) is 84.6 Å². The molecule has 0 aromatic heterocycles. The van der Waals surface area contributed by atoms with Crippen LogP contribution >= 0.6 is 0 Å². The summed E-state index contributed by atoms with van der Waals surface area (Å²) in [5.74, 6) is 3.87. The van der Waals surface area contributed by atoms with Crippen LogP contribution in [0.4, 0.5) is 0 Å². The Morgan fingerprint density at radius 2 is 1.62 bits per heavy atom. The highest BCUT2D eigenvalue weighted by molar-refractivity contribution is 5.76. The molecule has 4 aliphatic rings. The number of carbonyl (C=O) groups excluding carboxylic acids is 1. The van der Waals surface area contributed by atoms with E-state index in [1.807, 2.05) is 12.1 Å². The molecule has 1 aromatic rings. The molecule has 160 valence electrons. The van der Waals surface area contributed by atoms with Gasteiger partial charge in [0.25, 0.3) is 0 Å². The molecule has 4 bridgehead atoms. The van der Waals surface area contributed by atoms with Crippen molar-refractivity contribution in [3.63, 3.8) is 0 Å². The van der Waals surface area contributed by atoms with Crippen molar-refractivity contribution >= 4 is 5.91 Å². The number of amides is 1. The smallest absolute Gasteiger partial charge is 0.220 e. The van der Waals surface area contributed by atoms with Crippen molar-refractivity contribution in [3.05, 3.63) is 29.8 Å². The van der Waals surface area contributed by atoms with E-state index in [0.717, 1.165) is 29.9 Å². The second-order valence-electron chi connectivity index (χ2n) is 11.3. The molecule has 1 N–H and O–H groups in total. The Kier molecular flexibility index (Phi) is 5.70. The third-order valence-corrected chi connectivity index (χ3v) is 7.92. The van der Waals surface area contributed by atoms with Crippen molar-refractivity contribution in [2.75, 3.05) is 6.61 Å². The van der Waals surface area contributed by atoms with Gasteiger partial charge >= 0.3 is 0 Å². The average Bonchev–Trinajstić information content (AvgIpc) is 2.64. The second kappa shape index (κ2) is 7.96. The normalized spacial score (nSPS) is 31.5. The highest BCUT2D eigenvalue weighted by Crippen LogP contribution is 2.61. The third-order valence-electron chi connectivity index (χ3n) is 7.92. The highest BCUT2D eigenvalue weighted by Gasteiger charge is 2.53. The van der Waals surface area contributed by atoms with E-state index < -0.39 is 0 Å². The predicted octanol–water partition coefficient (Wildman–Crippen LogP) is 5.86. The lowest BCUT2D eigenvalue weighted by atomic mass is 9.48. The summed E-state index contributed by atoms with van der Waals surface area (Å²) in [6, 6.07) is 8.66. The zero-order valence-electron chi connectivity index (χ0n) is 18.8. The molecule has 1 atom stereocenters. The lowest BCUT2D eigenvalue weighted by Gasteiger charge is -2.59. The van der Waals surface area contributed by atoms with Gasteiger partial charge in [0, 0.05) is 12.5 Å². The number of carbonyl (C=O) groups is 1. The van der Waals surface area contributed by atoms with Crippen LogP contribution in [-0.2, 0) is 10.2 Å². The zero-order chi connectivity index (χ0) is 20.6. The van der Waals surface area contributed by atoms with Crippen molar-refractivity contribution in [3.8, 4) is 5.75 Å². The van der Waals surface area contributed by atoms with E-state index in [2.05, 4.69) is 45.1 Å². The summed E-state index contributed by atoms with van der Waals surface area (Å²) < 4.78 is 5.85. The molecular formula is C26H39NO2. The van der Waals surface area contributed by atoms with E-state index in [-0.39, 0.29) is 11.3 Å². The lowest BCUT2D eigenvalue weighted by molar-refractivity contribution is -0.126. The van der Waals surface area contributed by atoms with Crippen LogP contribution < -0.4 is 10.1 Å². The summed E-state index contributed by atoms with van der Waals surface area (Å²) in [6.07, 6.45) is 9.70. The van der Waals surface area contributed by atoms with Crippen LogP contribution in [0.5, 0.6) is 5.75 Å². The first-order valence-corrected chi connectivity index (χ1v) is 11.8. The zero-order valence-corrected chi connectivity index (χ0v) is 18.8. The molecule has 4 fully saturated rings. The number of hydrogen-bond acceptors (Lipinski definition) is 2. The van der Waals surface area contributed by atoms with E-state index in [1.165, 1.54) is 44.1 Å². The van der Waals surface area contributed by atoms with Crippen LogP contribution in [0.25, 0.3) is 0 Å². The minimum absolute atomic E-state index is 0.157. The molecule has 1 amide bonds. The van der Waals surface area contributed by atoms with Gasteiger partial charge in [0.05, 0.1) is 6.61 Å². The number of benzene rings is 1. The molecule has 5 rings (SSSR count). The monoisotopic (exact) mass is 397 g/mol. The van der Waals surface area contributed by atoms with E-state index in [1.54, 1.807) is 0 Å². The van der Waals surface area contributed by atoms with Crippen LogP contribution in [0.2, 0.25) is 0 Å². The van der Waals surface area contributed by atoms with Gasteiger partial charge in [-0.2, -0.15) is 0 Å². The van der Waals surface area contributed by atoms with Gasteiger partial charge in [-0.05, 0) is 98.1 Å². The van der Waals surface area contributed by atoms with Gasteiger partial charge in [-0.15, -0.1) is 0 Å². The molecule has 0 radical (unpaired) electrons. The molecule has 0 aliphatic heterocycles. The van der Waals surface area contributed by atoms with Crippen LogP contribution in [0.3, 0.4) is 0 Å². The van der Waals surface area contributed by atoms with Crippen molar-refractivity contribution in [2.45, 2.75) is 90.5 Å². The van der Waals surface area contributed by atoms with Crippen LogP contribution in [0, 0.1) is 23.2 Å². The first-order chi connectivity index (χ1) is 13.7. The molecule has 0 heterocycles. The predicted molar refractivity (Wildman–Crippen MR) is 118 cm³/mol. The Morgan fingerprint density at radius 3 is 2.14 bits per heavy atom. The van der Waals surface area contributed by atoms with Crippen molar-refractivity contribution in [2.24, 2.45) is 23.2 Å². The molecule has 0 spiro atoms. The molecule has 0 unspecified atom stereocenters. The van der Waals surface area contributed by atoms with Gasteiger partial charge in [-0.3, -0.25) is 4.79 Å². The standard InChI is InChI=1S/C26H39NO2/c1-18(26-15-19-12-20(16-26)14-21(13-19)17-26)27-24(28)6-5-11-29-23-9-7-22(8-10-23)25(2,3)4/h7-10,18-21H,5-6,11-17H2,1-4H3,(H,27,28)/t18-,19?,20?,21?,26?/m0/s1. The van der Waals surface area contributed by atoms with Gasteiger partial charge in [0.15, 0.2) is 0 Å². The quantitative estimate of drug-likeness (QED) is 0.585. The van der Waals surface area contributed by atoms with Crippen molar-refractivity contribution in [1.29, 1.82) is 0 Å². The lowest BCUT2D eigenvalue weighted by Crippen LogP contribution is -2.55. The molecule has 0 saturated heterocycles. The van der Waals surface area contributed by atoms with Crippen LogP contribution in [0.15, 0.2) is 24.3 Å². The SMILES string of the molecule is C[C@H](NC(=O)CCCOc1ccc(C(C)(C)C)cc1)C12CC3CC(CC(C3)C1)C2. The fraction of sp³-hybridized carbons (Fsp3) is 0.731. The summed E-state index contributed by atoms with van der Waals surface area (Å²) >= 11 is 0. The fourth-order valence-corrected chi connectivity index (χ4v) is 6.65. The summed E-state index contributed by atoms with van der Waals surface area (Å²) in [5.41, 5.74) is 1.85. The Balaban J connectivity index is 1.20. The summed E-state index contributed by atoms with van der Waals surface area (Å²) in [5, 5.41) is 3.37. The third kappa shape index (κ3) is 4.64. The minimum atomic E-state index is 0.157. The van der Waals surface area contributed by atoms with Crippen molar-refractivity contribution in [1.82, 2.24) is 5.32 Å². The molecule has 29 heavy (non-hydrogen) atoms. The average molecular weight is 398 g/mol. The fourth-order valence-electron chi connectivity index (χ4n) is 6.65. The Labute approximate surface area is 177 Å². The number of nitrogens with one attached hydrogen (secondary N) is 1. The molecular weight excluding hydrogens is 358 g/mol. The summed E-state index contributed by atoms with van der Waals surface area (Å²) in [7, 11) is 0. The number of hydrogen-bond donors (Lipinski definition) is 1. The number of rotatable bonds is 7. The first kappa shape index (κ1) is 20.8. The first-order valence-electron chi connectivity index (χ1n) is 11.8. The van der Waals surface area contributed by atoms with Gasteiger partial charge in [0.1, 0.15) is 5.75 Å². The molecule has 4 saturated carbocycles. The Hall–Kier alpha value is -1.51. The van der Waals surface area contributed by atoms with E-state index in [9.17, 15) is 4.79 Å². The highest BCUT2D eigenvalue weighted by atomic mass is 16.5. The maximum Gasteiger partial charge on any atom is 0.220 e. The summed E-state index contributed by atoms with van der Waals surface area (Å²) in [4.78, 5) is 12.5. The molecule has 3 heteroatoms. The van der Waals surface area contributed by atoms with Gasteiger partial charge in [-0.1, -0.05) is 32.9 Å². The van der Waals surface area contributed by atoms with E-state index in [0.29, 0.717) is 24.5 Å². The topological polar surface area (TPSA) is 38.3 Å². The Bertz CT molecular complexity index is 680. The molecule has 3 nitrogen and oxygen atoms in total. The largest absolute Gasteiger partial charge is 0.494 e. The van der Waals surface area contributed by atoms with Gasteiger partial charge < -0.3 is 10.1 Å². The minimum Gasteiger partial charge on any atom is -0.494 e.